The van der Waals surface area contributed by atoms with Crippen LogP contribution < -0.4 is 24.8 Å². The van der Waals surface area contributed by atoms with Gasteiger partial charge in [-0.3, -0.25) is 9.59 Å². The van der Waals surface area contributed by atoms with Crippen LogP contribution in [0.3, 0.4) is 0 Å². The van der Waals surface area contributed by atoms with Crippen LogP contribution >= 0.6 is 0 Å². The summed E-state index contributed by atoms with van der Waals surface area (Å²) in [6.45, 7) is 2.13. The highest BCUT2D eigenvalue weighted by Crippen LogP contribution is 2.38. The molecule has 150 valence electrons. The first-order valence-electron chi connectivity index (χ1n) is 8.92. The van der Waals surface area contributed by atoms with Gasteiger partial charge in [0.25, 0.3) is 5.91 Å². The normalized spacial score (nSPS) is 11.3. The number of hydrogen-bond acceptors (Lipinski definition) is 5. The van der Waals surface area contributed by atoms with E-state index in [0.717, 1.165) is 5.56 Å². The molecular weight excluding hydrogens is 360 g/mol. The summed E-state index contributed by atoms with van der Waals surface area (Å²) in [6, 6.07) is 12.7. The predicted octanol–water partition coefficient (Wildman–Crippen LogP) is 2.71. The first-order valence-corrected chi connectivity index (χ1v) is 8.92. The van der Waals surface area contributed by atoms with Gasteiger partial charge < -0.3 is 24.8 Å². The van der Waals surface area contributed by atoms with E-state index in [1.54, 1.807) is 12.1 Å². The van der Waals surface area contributed by atoms with Crippen molar-refractivity contribution in [3.8, 4) is 17.2 Å². The van der Waals surface area contributed by atoms with Crippen LogP contribution in [0.4, 0.5) is 0 Å². The van der Waals surface area contributed by atoms with Gasteiger partial charge in [0.2, 0.25) is 11.7 Å². The summed E-state index contributed by atoms with van der Waals surface area (Å²) in [5.74, 6) is 0.725. The van der Waals surface area contributed by atoms with Crippen molar-refractivity contribution in [1.29, 1.82) is 0 Å². The van der Waals surface area contributed by atoms with Crippen molar-refractivity contribution in [3.63, 3.8) is 0 Å². The molecule has 2 rings (SSSR count). The molecule has 0 spiro atoms. The Labute approximate surface area is 165 Å². The summed E-state index contributed by atoms with van der Waals surface area (Å²) in [4.78, 5) is 24.5. The van der Waals surface area contributed by atoms with Gasteiger partial charge in [-0.2, -0.15) is 0 Å². The van der Waals surface area contributed by atoms with Crippen molar-refractivity contribution in [3.05, 3.63) is 53.6 Å². The number of nitrogens with one attached hydrogen (secondary N) is 2. The summed E-state index contributed by atoms with van der Waals surface area (Å²) in [7, 11) is 4.46. The Morgan fingerprint density at radius 2 is 1.57 bits per heavy atom. The van der Waals surface area contributed by atoms with Gasteiger partial charge in [-0.05, 0) is 24.6 Å². The zero-order valence-electron chi connectivity index (χ0n) is 16.6. The van der Waals surface area contributed by atoms with Crippen LogP contribution in [0.15, 0.2) is 42.5 Å². The molecule has 28 heavy (non-hydrogen) atoms. The fraction of sp³-hybridized carbons (Fsp3) is 0.333. The van der Waals surface area contributed by atoms with Crippen molar-refractivity contribution in [2.24, 2.45) is 0 Å². The molecule has 0 aliphatic heterocycles. The molecule has 0 unspecified atom stereocenters. The van der Waals surface area contributed by atoms with Crippen LogP contribution in [0.2, 0.25) is 0 Å². The second-order valence-electron chi connectivity index (χ2n) is 6.12. The highest BCUT2D eigenvalue weighted by molar-refractivity contribution is 5.95. The maximum Gasteiger partial charge on any atom is 0.251 e. The van der Waals surface area contributed by atoms with E-state index in [-0.39, 0.29) is 30.8 Å². The van der Waals surface area contributed by atoms with Gasteiger partial charge in [-0.15, -0.1) is 0 Å². The van der Waals surface area contributed by atoms with Gasteiger partial charge in [0.1, 0.15) is 0 Å². The first kappa shape index (κ1) is 21.1. The Bertz CT molecular complexity index is 783. The molecule has 1 atom stereocenters. The average Bonchev–Trinajstić information content (AvgIpc) is 2.72. The van der Waals surface area contributed by atoms with Crippen molar-refractivity contribution in [1.82, 2.24) is 10.6 Å². The minimum Gasteiger partial charge on any atom is -0.493 e. The minimum atomic E-state index is -0.330. The first-order chi connectivity index (χ1) is 13.5. The van der Waals surface area contributed by atoms with Crippen molar-refractivity contribution in [2.45, 2.75) is 19.4 Å². The van der Waals surface area contributed by atoms with Crippen molar-refractivity contribution >= 4 is 11.8 Å². The van der Waals surface area contributed by atoms with E-state index in [9.17, 15) is 9.59 Å². The third-order valence-corrected chi connectivity index (χ3v) is 4.24. The topological polar surface area (TPSA) is 85.9 Å². The van der Waals surface area contributed by atoms with Crippen LogP contribution in [0.1, 0.15) is 35.3 Å². The molecule has 0 aliphatic rings. The minimum absolute atomic E-state index is 0.0977. The quantitative estimate of drug-likeness (QED) is 0.692. The Kier molecular flexibility index (Phi) is 7.68. The maximum absolute atomic E-state index is 12.4. The zero-order chi connectivity index (χ0) is 20.5. The fourth-order valence-electron chi connectivity index (χ4n) is 2.74. The van der Waals surface area contributed by atoms with E-state index < -0.39 is 0 Å². The average molecular weight is 386 g/mol. The van der Waals surface area contributed by atoms with Gasteiger partial charge >= 0.3 is 0 Å². The number of benzene rings is 2. The number of carbonyl (C=O) groups excluding carboxylic acids is 2. The van der Waals surface area contributed by atoms with Crippen LogP contribution in [-0.2, 0) is 4.79 Å². The Balaban J connectivity index is 1.91. The van der Waals surface area contributed by atoms with Gasteiger partial charge in [0.15, 0.2) is 11.5 Å². The number of rotatable bonds is 9. The highest BCUT2D eigenvalue weighted by Gasteiger charge is 2.17. The molecule has 0 saturated carbocycles. The lowest BCUT2D eigenvalue weighted by Crippen LogP contribution is -2.32. The van der Waals surface area contributed by atoms with Gasteiger partial charge in [-0.1, -0.05) is 30.3 Å². The third kappa shape index (κ3) is 5.39. The van der Waals surface area contributed by atoms with E-state index in [0.29, 0.717) is 22.8 Å². The Morgan fingerprint density at radius 3 is 2.11 bits per heavy atom. The molecular formula is C21H26N2O5. The molecule has 0 bridgehead atoms. The molecule has 7 nitrogen and oxygen atoms in total. The van der Waals surface area contributed by atoms with Crippen molar-refractivity contribution in [2.75, 3.05) is 27.9 Å². The summed E-state index contributed by atoms with van der Waals surface area (Å²) in [5, 5.41) is 5.65. The number of ether oxygens (including phenoxy) is 3. The lowest BCUT2D eigenvalue weighted by molar-refractivity contribution is -0.121. The van der Waals surface area contributed by atoms with Gasteiger partial charge in [0.05, 0.1) is 27.4 Å². The Morgan fingerprint density at radius 1 is 0.964 bits per heavy atom. The van der Waals surface area contributed by atoms with Crippen molar-refractivity contribution < 1.29 is 23.8 Å². The number of methoxy groups -OCH3 is 3. The van der Waals surface area contributed by atoms with Crippen LogP contribution in [-0.4, -0.2) is 39.7 Å². The fourth-order valence-corrected chi connectivity index (χ4v) is 2.74. The second kappa shape index (κ2) is 10.2. The summed E-state index contributed by atoms with van der Waals surface area (Å²) in [6.07, 6.45) is 0.174. The molecule has 2 N–H and O–H groups in total. The number of carbonyl (C=O) groups is 2. The summed E-state index contributed by atoms with van der Waals surface area (Å²) < 4.78 is 15.7. The molecule has 0 radical (unpaired) electrons. The van der Waals surface area contributed by atoms with E-state index in [2.05, 4.69) is 10.6 Å². The monoisotopic (exact) mass is 386 g/mol. The lowest BCUT2D eigenvalue weighted by Gasteiger charge is -2.15. The smallest absolute Gasteiger partial charge is 0.251 e. The summed E-state index contributed by atoms with van der Waals surface area (Å²) >= 11 is 0. The van der Waals surface area contributed by atoms with Crippen LogP contribution in [0.5, 0.6) is 17.2 Å². The SMILES string of the molecule is COc1cc(C(=O)NCCC(=O)N[C@@H](C)c2ccccc2)cc(OC)c1OC. The molecule has 0 aliphatic carbocycles. The molecule has 0 heterocycles. The van der Waals surface area contributed by atoms with E-state index in [1.807, 2.05) is 37.3 Å². The zero-order valence-corrected chi connectivity index (χ0v) is 16.6. The number of hydrogen-bond donors (Lipinski definition) is 2. The lowest BCUT2D eigenvalue weighted by atomic mass is 10.1. The van der Waals surface area contributed by atoms with E-state index in [1.165, 1.54) is 21.3 Å². The second-order valence-corrected chi connectivity index (χ2v) is 6.12. The Hall–Kier alpha value is -3.22. The molecule has 0 fully saturated rings. The van der Waals surface area contributed by atoms with Gasteiger partial charge in [0, 0.05) is 18.5 Å². The molecule has 2 aromatic rings. The van der Waals surface area contributed by atoms with Crippen LogP contribution in [0, 0.1) is 0 Å². The maximum atomic E-state index is 12.4. The van der Waals surface area contributed by atoms with E-state index >= 15 is 0 Å². The number of amides is 2. The highest BCUT2D eigenvalue weighted by atomic mass is 16.5. The molecule has 0 saturated heterocycles. The largest absolute Gasteiger partial charge is 0.493 e. The molecule has 7 heteroatoms. The standard InChI is InChI=1S/C21H26N2O5/c1-14(15-8-6-5-7-9-15)23-19(24)10-11-22-21(25)16-12-17(26-2)20(28-4)18(13-16)27-3/h5-9,12-14H,10-11H2,1-4H3,(H,22,25)(H,23,24)/t14-/m0/s1. The van der Waals surface area contributed by atoms with Crippen LogP contribution in [0.25, 0.3) is 0 Å². The van der Waals surface area contributed by atoms with Gasteiger partial charge in [-0.25, -0.2) is 0 Å². The summed E-state index contributed by atoms with van der Waals surface area (Å²) in [5.41, 5.74) is 1.38. The molecule has 2 amide bonds. The molecule has 0 aromatic heterocycles. The predicted molar refractivity (Wildman–Crippen MR) is 106 cm³/mol. The third-order valence-electron chi connectivity index (χ3n) is 4.24. The van der Waals surface area contributed by atoms with E-state index in [4.69, 9.17) is 14.2 Å². The molecule has 2 aromatic carbocycles.